The summed E-state index contributed by atoms with van der Waals surface area (Å²) in [6.45, 7) is 12.9. The number of aryl methyl sites for hydroxylation is 6. The van der Waals surface area contributed by atoms with Crippen LogP contribution in [0.2, 0.25) is 0 Å². The van der Waals surface area contributed by atoms with Crippen molar-refractivity contribution in [3.8, 4) is 11.4 Å². The highest BCUT2D eigenvalue weighted by atomic mass is 15.4. The van der Waals surface area contributed by atoms with Gasteiger partial charge in [-0.1, -0.05) is 53.6 Å². The number of hydrogen-bond donors (Lipinski definition) is 0. The van der Waals surface area contributed by atoms with Crippen LogP contribution in [0.3, 0.4) is 0 Å². The van der Waals surface area contributed by atoms with E-state index >= 15 is 0 Å². The van der Waals surface area contributed by atoms with E-state index in [0.717, 1.165) is 22.7 Å². The second kappa shape index (κ2) is 8.31. The highest BCUT2D eigenvalue weighted by molar-refractivity contribution is 5.52. The Labute approximate surface area is 184 Å². The van der Waals surface area contributed by atoms with Crippen molar-refractivity contribution in [3.63, 3.8) is 0 Å². The molecule has 4 heteroatoms. The third-order valence-corrected chi connectivity index (χ3v) is 5.56. The van der Waals surface area contributed by atoms with Crippen molar-refractivity contribution in [2.75, 3.05) is 0 Å². The molecule has 1 aromatic heterocycles. The van der Waals surface area contributed by atoms with Crippen LogP contribution in [0, 0.1) is 41.5 Å². The zero-order chi connectivity index (χ0) is 22.1. The van der Waals surface area contributed by atoms with Gasteiger partial charge >= 0.3 is 0 Å². The number of imidazole rings is 1. The molecule has 0 saturated heterocycles. The fourth-order valence-corrected chi connectivity index (χ4v) is 4.53. The number of aromatic nitrogens is 2. The summed E-state index contributed by atoms with van der Waals surface area (Å²) in [4.78, 5) is 0. The molecule has 0 saturated carbocycles. The first-order valence-corrected chi connectivity index (χ1v) is 10.6. The Kier molecular flexibility index (Phi) is 5.55. The van der Waals surface area contributed by atoms with E-state index in [4.69, 9.17) is 5.10 Å². The van der Waals surface area contributed by atoms with E-state index in [0.29, 0.717) is 0 Å². The topological polar surface area (TPSA) is 36.3 Å². The van der Waals surface area contributed by atoms with E-state index < -0.39 is 0 Å². The molecule has 0 aliphatic rings. The maximum absolute atomic E-state index is 4.75. The van der Waals surface area contributed by atoms with Crippen LogP contribution in [0.1, 0.15) is 33.4 Å². The van der Waals surface area contributed by atoms with E-state index in [9.17, 15) is 0 Å². The largest absolute Gasteiger partial charge is 0.284 e. The molecule has 0 bridgehead atoms. The molecule has 0 spiro atoms. The summed E-state index contributed by atoms with van der Waals surface area (Å²) < 4.78 is 4.30. The number of hydrogen-bond acceptors (Lipinski definition) is 1. The average Bonchev–Trinajstić information content (AvgIpc) is 3.08. The first kappa shape index (κ1) is 20.7. The molecule has 0 aliphatic carbocycles. The summed E-state index contributed by atoms with van der Waals surface area (Å²) in [7, 11) is 0. The lowest BCUT2D eigenvalue weighted by atomic mass is 10.0. The molecular formula is C27H29N4. The zero-order valence-electron chi connectivity index (χ0n) is 19.1. The number of nitrogens with zero attached hydrogens (tertiary/aromatic N) is 4. The molecule has 0 unspecified atom stereocenters. The Balaban J connectivity index is 1.98. The van der Waals surface area contributed by atoms with Crippen LogP contribution in [-0.2, 0) is 0 Å². The lowest BCUT2D eigenvalue weighted by Gasteiger charge is -2.15. The predicted molar refractivity (Wildman–Crippen MR) is 127 cm³/mol. The van der Waals surface area contributed by atoms with Crippen LogP contribution in [0.5, 0.6) is 0 Å². The average molecular weight is 410 g/mol. The quantitative estimate of drug-likeness (QED) is 0.378. The van der Waals surface area contributed by atoms with Gasteiger partial charge in [-0.15, -0.1) is 10.5 Å². The normalized spacial score (nSPS) is 10.9. The first-order valence-electron chi connectivity index (χ1n) is 10.6. The second-order valence-electron chi connectivity index (χ2n) is 8.37. The minimum atomic E-state index is 0.772. The van der Waals surface area contributed by atoms with Gasteiger partial charge in [0.25, 0.3) is 0 Å². The van der Waals surface area contributed by atoms with Crippen molar-refractivity contribution < 1.29 is 0 Å². The van der Waals surface area contributed by atoms with E-state index in [1.165, 1.54) is 33.4 Å². The molecule has 1 heterocycles. The SMILES string of the molecule is Cc1cc(C)c(-n2ccn(-c3c(C)cc(C)cc3C)c2=N[N]c2ccccc2)c(C)c1. The maximum Gasteiger partial charge on any atom is 0.239 e. The van der Waals surface area contributed by atoms with Crippen molar-refractivity contribution in [1.29, 1.82) is 0 Å². The van der Waals surface area contributed by atoms with Crippen LogP contribution >= 0.6 is 0 Å². The van der Waals surface area contributed by atoms with Gasteiger partial charge in [0.1, 0.15) is 0 Å². The highest BCUT2D eigenvalue weighted by Crippen LogP contribution is 2.23. The zero-order valence-corrected chi connectivity index (χ0v) is 19.1. The lowest BCUT2D eigenvalue weighted by Crippen LogP contribution is -2.27. The molecule has 31 heavy (non-hydrogen) atoms. The molecule has 0 aliphatic heterocycles. The standard InChI is InChI=1S/C27H29N4/c1-18-14-20(3)25(21(4)15-18)30-12-13-31(26-22(5)16-19(2)17-23(26)6)27(30)29-28-24-10-8-7-9-11-24/h7-17H,1-6H3. The van der Waals surface area contributed by atoms with Crippen LogP contribution in [0.4, 0.5) is 5.69 Å². The Bertz CT molecular complexity index is 1180. The van der Waals surface area contributed by atoms with Crippen LogP contribution in [0.15, 0.2) is 72.1 Å². The Morgan fingerprint density at radius 3 is 1.42 bits per heavy atom. The molecule has 4 rings (SSSR count). The van der Waals surface area contributed by atoms with Gasteiger partial charge in [0.15, 0.2) is 0 Å². The van der Waals surface area contributed by atoms with Crippen LogP contribution in [-0.4, -0.2) is 9.13 Å². The van der Waals surface area contributed by atoms with E-state index in [2.05, 4.69) is 92.8 Å². The van der Waals surface area contributed by atoms with Crippen molar-refractivity contribution in [3.05, 3.63) is 106 Å². The third-order valence-electron chi connectivity index (χ3n) is 5.56. The number of rotatable bonds is 4. The fraction of sp³-hybridized carbons (Fsp3) is 0.222. The molecule has 3 aromatic carbocycles. The summed E-state index contributed by atoms with van der Waals surface area (Å²) >= 11 is 0. The van der Waals surface area contributed by atoms with Crippen LogP contribution in [0.25, 0.3) is 11.4 Å². The van der Waals surface area contributed by atoms with Gasteiger partial charge in [-0.3, -0.25) is 9.13 Å². The van der Waals surface area contributed by atoms with Gasteiger partial charge in [0, 0.05) is 12.4 Å². The van der Waals surface area contributed by atoms with Crippen molar-refractivity contribution in [2.24, 2.45) is 5.10 Å². The molecule has 157 valence electrons. The third kappa shape index (κ3) is 4.06. The number of benzene rings is 3. The van der Waals surface area contributed by atoms with Crippen molar-refractivity contribution in [2.45, 2.75) is 41.5 Å². The van der Waals surface area contributed by atoms with Gasteiger partial charge in [-0.05, 0) is 75.9 Å². The summed E-state index contributed by atoms with van der Waals surface area (Å²) in [6, 6.07) is 18.7. The molecule has 1 radical (unpaired) electrons. The molecule has 4 nitrogen and oxygen atoms in total. The summed E-state index contributed by atoms with van der Waals surface area (Å²) in [6.07, 6.45) is 4.17. The first-order chi connectivity index (χ1) is 14.8. The van der Waals surface area contributed by atoms with Gasteiger partial charge < -0.3 is 0 Å². The van der Waals surface area contributed by atoms with Crippen molar-refractivity contribution >= 4 is 5.69 Å². The van der Waals surface area contributed by atoms with Gasteiger partial charge in [-0.2, -0.15) is 0 Å². The Morgan fingerprint density at radius 1 is 0.581 bits per heavy atom. The highest BCUT2D eigenvalue weighted by Gasteiger charge is 2.14. The van der Waals surface area contributed by atoms with E-state index in [1.807, 2.05) is 30.3 Å². The fourth-order valence-electron chi connectivity index (χ4n) is 4.53. The van der Waals surface area contributed by atoms with E-state index in [1.54, 1.807) is 0 Å². The molecule has 4 aromatic rings. The van der Waals surface area contributed by atoms with Gasteiger partial charge in [0.2, 0.25) is 5.62 Å². The summed E-state index contributed by atoms with van der Waals surface area (Å²) in [5.41, 5.74) is 15.8. The van der Waals surface area contributed by atoms with Crippen molar-refractivity contribution in [1.82, 2.24) is 14.6 Å². The summed E-state index contributed by atoms with van der Waals surface area (Å²) in [5, 5.41) is 4.75. The predicted octanol–water partition coefficient (Wildman–Crippen LogP) is 5.87. The monoisotopic (exact) mass is 409 g/mol. The maximum atomic E-state index is 4.75. The molecular weight excluding hydrogens is 380 g/mol. The summed E-state index contributed by atoms with van der Waals surface area (Å²) in [5.74, 6) is 0. The molecule has 0 N–H and O–H groups in total. The second-order valence-corrected chi connectivity index (χ2v) is 8.37. The van der Waals surface area contributed by atoms with Crippen LogP contribution < -0.4 is 11.0 Å². The molecule has 0 amide bonds. The van der Waals surface area contributed by atoms with Gasteiger partial charge in [0.05, 0.1) is 17.1 Å². The Hall–Kier alpha value is -3.53. The van der Waals surface area contributed by atoms with E-state index in [-0.39, 0.29) is 0 Å². The van der Waals surface area contributed by atoms with Gasteiger partial charge in [-0.25, -0.2) is 0 Å². The molecule has 0 atom stereocenters. The molecule has 0 fully saturated rings. The Morgan fingerprint density at radius 2 is 1.00 bits per heavy atom. The lowest BCUT2D eigenvalue weighted by molar-refractivity contribution is 0.766. The minimum absolute atomic E-state index is 0.772. The minimum Gasteiger partial charge on any atom is -0.284 e. The smallest absolute Gasteiger partial charge is 0.239 e.